The monoisotopic (exact) mass is 475 g/mol. The fourth-order valence-electron chi connectivity index (χ4n) is 3.15. The second kappa shape index (κ2) is 11.2. The lowest BCUT2D eigenvalue weighted by Crippen LogP contribution is -2.20. The van der Waals surface area contributed by atoms with Crippen molar-refractivity contribution in [2.75, 3.05) is 17.2 Å². The molecule has 0 saturated heterocycles. The molecular formula is C26H22ClN3O4. The van der Waals surface area contributed by atoms with Crippen molar-refractivity contribution in [1.82, 2.24) is 4.98 Å². The molecule has 0 aliphatic heterocycles. The molecule has 4 rings (SSSR count). The van der Waals surface area contributed by atoms with E-state index < -0.39 is 0 Å². The second-order valence-corrected chi connectivity index (χ2v) is 7.84. The molecule has 1 heterocycles. The van der Waals surface area contributed by atoms with Gasteiger partial charge in [-0.05, 0) is 48.5 Å². The molecular weight excluding hydrogens is 454 g/mol. The maximum Gasteiger partial charge on any atom is 0.262 e. The van der Waals surface area contributed by atoms with Crippen LogP contribution in [-0.2, 0) is 16.0 Å². The minimum atomic E-state index is -0.274. The third-order valence-corrected chi connectivity index (χ3v) is 5.05. The molecule has 0 aliphatic rings. The number of rotatable bonds is 9. The number of anilines is 2. The van der Waals surface area contributed by atoms with Crippen LogP contribution in [-0.4, -0.2) is 23.4 Å². The van der Waals surface area contributed by atoms with E-state index >= 15 is 0 Å². The highest BCUT2D eigenvalue weighted by Crippen LogP contribution is 2.23. The molecule has 2 amide bonds. The third kappa shape index (κ3) is 6.70. The number of carbonyl (C=O) groups excluding carboxylic acids is 2. The number of ether oxygens (including phenoxy) is 1. The van der Waals surface area contributed by atoms with Gasteiger partial charge in [-0.25, -0.2) is 4.98 Å². The zero-order chi connectivity index (χ0) is 23.8. The van der Waals surface area contributed by atoms with Gasteiger partial charge < -0.3 is 19.8 Å². The van der Waals surface area contributed by atoms with Crippen LogP contribution >= 0.6 is 11.6 Å². The zero-order valence-corrected chi connectivity index (χ0v) is 18.9. The molecule has 1 aromatic heterocycles. The van der Waals surface area contributed by atoms with Gasteiger partial charge in [0.05, 0.1) is 6.20 Å². The summed E-state index contributed by atoms with van der Waals surface area (Å²) in [4.78, 5) is 28.7. The third-order valence-electron chi connectivity index (χ3n) is 4.79. The molecule has 0 spiro atoms. The Labute approximate surface area is 201 Å². The van der Waals surface area contributed by atoms with E-state index in [0.29, 0.717) is 40.2 Å². The van der Waals surface area contributed by atoms with E-state index in [2.05, 4.69) is 15.6 Å². The summed E-state index contributed by atoms with van der Waals surface area (Å²) < 4.78 is 11.3. The molecule has 172 valence electrons. The normalized spacial score (nSPS) is 10.5. The van der Waals surface area contributed by atoms with Crippen LogP contribution in [0.25, 0.3) is 11.3 Å². The Morgan fingerprint density at radius 3 is 2.41 bits per heavy atom. The van der Waals surface area contributed by atoms with Crippen LogP contribution < -0.4 is 15.4 Å². The summed E-state index contributed by atoms with van der Waals surface area (Å²) in [6.45, 7) is -0.146. The van der Waals surface area contributed by atoms with Crippen LogP contribution in [0, 0.1) is 0 Å². The first-order valence-electron chi connectivity index (χ1n) is 10.6. The van der Waals surface area contributed by atoms with Gasteiger partial charge in [-0.15, -0.1) is 0 Å². The van der Waals surface area contributed by atoms with E-state index in [4.69, 9.17) is 20.8 Å². The molecule has 4 aromatic rings. The minimum absolute atomic E-state index is 0.146. The van der Waals surface area contributed by atoms with Crippen molar-refractivity contribution in [3.8, 4) is 17.1 Å². The van der Waals surface area contributed by atoms with E-state index in [1.165, 1.54) is 0 Å². The van der Waals surface area contributed by atoms with Crippen molar-refractivity contribution < 1.29 is 18.7 Å². The number of nitrogens with one attached hydrogen (secondary N) is 2. The lowest BCUT2D eigenvalue weighted by Gasteiger charge is -2.09. The Hall–Kier alpha value is -4.10. The summed E-state index contributed by atoms with van der Waals surface area (Å²) in [6.07, 6.45) is 2.19. The standard InChI is InChI=1S/C26H22ClN3O4/c27-19-11-9-18(10-12-19)23-16-28-26(34-23)14-13-24(31)30-21-7-4-8-22(15-21)33-17-25(32)29-20-5-2-1-3-6-20/h1-12,15-16H,13-14,17H2,(H,29,32)(H,30,31). The van der Waals surface area contributed by atoms with Crippen LogP contribution in [0.4, 0.5) is 11.4 Å². The fourth-order valence-corrected chi connectivity index (χ4v) is 3.27. The Morgan fingerprint density at radius 2 is 1.62 bits per heavy atom. The summed E-state index contributed by atoms with van der Waals surface area (Å²) >= 11 is 5.91. The Balaban J connectivity index is 1.24. The van der Waals surface area contributed by atoms with Crippen molar-refractivity contribution in [2.45, 2.75) is 12.8 Å². The number of para-hydroxylation sites is 1. The summed E-state index contributed by atoms with van der Waals surface area (Å²) in [5.74, 6) is 1.10. The van der Waals surface area contributed by atoms with E-state index in [1.807, 2.05) is 30.3 Å². The molecule has 3 aromatic carbocycles. The van der Waals surface area contributed by atoms with Gasteiger partial charge in [-0.1, -0.05) is 35.9 Å². The molecule has 0 saturated carbocycles. The number of carbonyl (C=O) groups is 2. The molecule has 0 unspecified atom stereocenters. The van der Waals surface area contributed by atoms with E-state index in [-0.39, 0.29) is 24.8 Å². The van der Waals surface area contributed by atoms with Crippen LogP contribution in [0.2, 0.25) is 5.02 Å². The van der Waals surface area contributed by atoms with Crippen LogP contribution in [0.3, 0.4) is 0 Å². The van der Waals surface area contributed by atoms with Gasteiger partial charge in [-0.3, -0.25) is 9.59 Å². The summed E-state index contributed by atoms with van der Waals surface area (Å²) in [5.41, 5.74) is 2.13. The number of benzene rings is 3. The van der Waals surface area contributed by atoms with Crippen LogP contribution in [0.15, 0.2) is 89.5 Å². The Morgan fingerprint density at radius 1 is 0.882 bits per heavy atom. The molecule has 2 N–H and O–H groups in total. The number of nitrogens with zero attached hydrogens (tertiary/aromatic N) is 1. The Bertz CT molecular complexity index is 1260. The lowest BCUT2D eigenvalue weighted by molar-refractivity contribution is -0.118. The predicted molar refractivity (Wildman–Crippen MR) is 131 cm³/mol. The largest absolute Gasteiger partial charge is 0.484 e. The number of halogens is 1. The fraction of sp³-hybridized carbons (Fsp3) is 0.115. The molecule has 0 bridgehead atoms. The highest BCUT2D eigenvalue weighted by molar-refractivity contribution is 6.30. The van der Waals surface area contributed by atoms with Crippen molar-refractivity contribution in [3.05, 3.63) is 96.0 Å². The topological polar surface area (TPSA) is 93.5 Å². The van der Waals surface area contributed by atoms with Gasteiger partial charge in [0.15, 0.2) is 18.3 Å². The molecule has 34 heavy (non-hydrogen) atoms. The number of hydrogen-bond acceptors (Lipinski definition) is 5. The van der Waals surface area contributed by atoms with Crippen molar-refractivity contribution in [1.29, 1.82) is 0 Å². The first-order valence-corrected chi connectivity index (χ1v) is 11.0. The molecule has 7 nitrogen and oxygen atoms in total. The molecule has 0 fully saturated rings. The van der Waals surface area contributed by atoms with E-state index in [0.717, 1.165) is 5.56 Å². The van der Waals surface area contributed by atoms with Gasteiger partial charge in [0.1, 0.15) is 5.75 Å². The zero-order valence-electron chi connectivity index (χ0n) is 18.2. The van der Waals surface area contributed by atoms with Gasteiger partial charge in [0.2, 0.25) is 5.91 Å². The number of aromatic nitrogens is 1. The van der Waals surface area contributed by atoms with Gasteiger partial charge in [0.25, 0.3) is 5.91 Å². The smallest absolute Gasteiger partial charge is 0.262 e. The average Bonchev–Trinajstić information content (AvgIpc) is 3.32. The van der Waals surface area contributed by atoms with Gasteiger partial charge in [0, 0.05) is 40.9 Å². The van der Waals surface area contributed by atoms with Gasteiger partial charge in [-0.2, -0.15) is 0 Å². The van der Waals surface area contributed by atoms with Crippen LogP contribution in [0.5, 0.6) is 5.75 Å². The Kier molecular flexibility index (Phi) is 7.57. The van der Waals surface area contributed by atoms with E-state index in [9.17, 15) is 9.59 Å². The van der Waals surface area contributed by atoms with Crippen LogP contribution in [0.1, 0.15) is 12.3 Å². The summed E-state index contributed by atoms with van der Waals surface area (Å²) in [7, 11) is 0. The molecule has 0 aliphatic carbocycles. The second-order valence-electron chi connectivity index (χ2n) is 7.40. The van der Waals surface area contributed by atoms with Crippen molar-refractivity contribution >= 4 is 34.8 Å². The minimum Gasteiger partial charge on any atom is -0.484 e. The first-order chi connectivity index (χ1) is 16.5. The summed E-state index contributed by atoms with van der Waals surface area (Å²) in [5, 5.41) is 6.22. The van der Waals surface area contributed by atoms with Gasteiger partial charge >= 0.3 is 0 Å². The average molecular weight is 476 g/mol. The molecule has 8 heteroatoms. The van der Waals surface area contributed by atoms with E-state index in [1.54, 1.807) is 54.7 Å². The predicted octanol–water partition coefficient (Wildman–Crippen LogP) is 5.58. The first kappa shape index (κ1) is 23.1. The maximum atomic E-state index is 12.4. The van der Waals surface area contributed by atoms with Crippen molar-refractivity contribution in [2.24, 2.45) is 0 Å². The maximum absolute atomic E-state index is 12.4. The van der Waals surface area contributed by atoms with Crippen molar-refractivity contribution in [3.63, 3.8) is 0 Å². The highest BCUT2D eigenvalue weighted by Gasteiger charge is 2.10. The number of hydrogen-bond donors (Lipinski definition) is 2. The highest BCUT2D eigenvalue weighted by atomic mass is 35.5. The quantitative estimate of drug-likeness (QED) is 0.329. The number of amides is 2. The summed E-state index contributed by atoms with van der Waals surface area (Å²) in [6, 6.07) is 23.3. The molecule has 0 radical (unpaired) electrons. The SMILES string of the molecule is O=C(CCc1ncc(-c2ccc(Cl)cc2)o1)Nc1cccc(OCC(=O)Nc2ccccc2)c1. The number of aryl methyl sites for hydroxylation is 1. The molecule has 0 atom stereocenters. The number of oxazole rings is 1. The lowest BCUT2D eigenvalue weighted by atomic mass is 10.2.